The Labute approximate surface area is 284 Å². The molecular formula is C38H40FN5O5. The van der Waals surface area contributed by atoms with Crippen LogP contribution in [-0.4, -0.2) is 64.1 Å². The smallest absolute Gasteiger partial charge is 0.338 e. The lowest BCUT2D eigenvalue weighted by Crippen LogP contribution is -2.45. The molecule has 1 aromatic heterocycles. The van der Waals surface area contributed by atoms with E-state index >= 15 is 0 Å². The minimum atomic E-state index is -0.845. The van der Waals surface area contributed by atoms with E-state index in [0.29, 0.717) is 41.8 Å². The number of esters is 1. The second-order valence-electron chi connectivity index (χ2n) is 13.3. The zero-order chi connectivity index (χ0) is 35.1. The molecule has 6 rings (SSSR count). The number of likely N-dealkylation sites (N-methyl/N-ethyl adjacent to an activating group) is 1. The average molecular weight is 666 g/mol. The molecular weight excluding hydrogens is 625 g/mol. The molecule has 11 heteroatoms. The van der Waals surface area contributed by atoms with E-state index in [2.05, 4.69) is 10.4 Å². The highest BCUT2D eigenvalue weighted by Gasteiger charge is 2.36. The lowest BCUT2D eigenvalue weighted by Gasteiger charge is -2.34. The summed E-state index contributed by atoms with van der Waals surface area (Å²) in [6, 6.07) is 14.1. The SMILES string of the molecule is Cc1ccc(C(=O)OC2CC(CNC(=O)c3cc(F)cc(CN4C(=O)c5ccc(-c6c(C)cnn6C)cc5N(C)C(=O)[C@H]4C)c3)C2)c(C)c1. The number of fused-ring (bicyclic) bond motifs is 1. The molecule has 0 unspecified atom stereocenters. The summed E-state index contributed by atoms with van der Waals surface area (Å²) in [5, 5.41) is 7.17. The van der Waals surface area contributed by atoms with Crippen molar-refractivity contribution in [1.82, 2.24) is 20.0 Å². The van der Waals surface area contributed by atoms with E-state index < -0.39 is 17.8 Å². The topological polar surface area (TPSA) is 114 Å². The van der Waals surface area contributed by atoms with Crippen LogP contribution in [0.3, 0.4) is 0 Å². The fourth-order valence-electron chi connectivity index (χ4n) is 6.77. The predicted molar refractivity (Wildman–Crippen MR) is 183 cm³/mol. The van der Waals surface area contributed by atoms with Crippen LogP contribution in [0.2, 0.25) is 0 Å². The molecule has 10 nitrogen and oxygen atoms in total. The van der Waals surface area contributed by atoms with Crippen molar-refractivity contribution in [3.8, 4) is 11.3 Å². The van der Waals surface area contributed by atoms with Crippen LogP contribution in [0.25, 0.3) is 11.3 Å². The Morgan fingerprint density at radius 1 is 0.980 bits per heavy atom. The Kier molecular flexibility index (Phi) is 9.11. The quantitative estimate of drug-likeness (QED) is 0.248. The number of aromatic nitrogens is 2. The summed E-state index contributed by atoms with van der Waals surface area (Å²) >= 11 is 0. The van der Waals surface area contributed by atoms with E-state index in [4.69, 9.17) is 4.74 Å². The third kappa shape index (κ3) is 6.70. The summed E-state index contributed by atoms with van der Waals surface area (Å²) in [6.45, 7) is 7.71. The van der Waals surface area contributed by atoms with Gasteiger partial charge >= 0.3 is 5.97 Å². The van der Waals surface area contributed by atoms with Gasteiger partial charge in [-0.2, -0.15) is 5.10 Å². The van der Waals surface area contributed by atoms with Gasteiger partial charge in [-0.3, -0.25) is 19.1 Å². The zero-order valence-electron chi connectivity index (χ0n) is 28.5. The number of hydrogen-bond donors (Lipinski definition) is 1. The Morgan fingerprint density at radius 2 is 1.73 bits per heavy atom. The lowest BCUT2D eigenvalue weighted by molar-refractivity contribution is -0.122. The second kappa shape index (κ2) is 13.3. The number of aryl methyl sites for hydroxylation is 4. The van der Waals surface area contributed by atoms with Gasteiger partial charge in [-0.05, 0) is 99.5 Å². The van der Waals surface area contributed by atoms with Crippen LogP contribution in [0, 0.1) is 32.5 Å². The number of ether oxygens (including phenoxy) is 1. The molecule has 0 bridgehead atoms. The monoisotopic (exact) mass is 665 g/mol. The number of amides is 3. The van der Waals surface area contributed by atoms with Crippen molar-refractivity contribution in [2.45, 2.75) is 59.2 Å². The predicted octanol–water partition coefficient (Wildman–Crippen LogP) is 5.52. The van der Waals surface area contributed by atoms with Crippen LogP contribution in [0.4, 0.5) is 10.1 Å². The average Bonchev–Trinajstić information content (AvgIpc) is 3.36. The van der Waals surface area contributed by atoms with E-state index in [-0.39, 0.29) is 41.9 Å². The zero-order valence-corrected chi connectivity index (χ0v) is 28.5. The first-order valence-corrected chi connectivity index (χ1v) is 16.4. The van der Waals surface area contributed by atoms with Gasteiger partial charge in [0.25, 0.3) is 11.8 Å². The van der Waals surface area contributed by atoms with Crippen LogP contribution in [0.15, 0.2) is 60.8 Å². The molecule has 3 amide bonds. The van der Waals surface area contributed by atoms with E-state index in [1.54, 1.807) is 43.0 Å². The number of rotatable bonds is 8. The third-order valence-corrected chi connectivity index (χ3v) is 9.59. The molecule has 2 aliphatic rings. The van der Waals surface area contributed by atoms with Crippen LogP contribution < -0.4 is 10.2 Å². The highest BCUT2D eigenvalue weighted by molar-refractivity contribution is 6.11. The van der Waals surface area contributed by atoms with Crippen molar-refractivity contribution in [2.75, 3.05) is 18.5 Å². The molecule has 1 fully saturated rings. The lowest BCUT2D eigenvalue weighted by atomic mass is 9.82. The first kappa shape index (κ1) is 33.6. The summed E-state index contributed by atoms with van der Waals surface area (Å²) in [7, 11) is 3.47. The number of halogens is 1. The van der Waals surface area contributed by atoms with Gasteiger partial charge in [0.1, 0.15) is 18.0 Å². The van der Waals surface area contributed by atoms with Crippen LogP contribution in [0.5, 0.6) is 0 Å². The molecule has 1 aliphatic heterocycles. The normalized spacial score (nSPS) is 18.9. The Balaban J connectivity index is 1.11. The van der Waals surface area contributed by atoms with Crippen molar-refractivity contribution >= 4 is 29.4 Å². The van der Waals surface area contributed by atoms with Crippen molar-refractivity contribution in [2.24, 2.45) is 13.0 Å². The number of carbonyl (C=O) groups excluding carboxylic acids is 4. The summed E-state index contributed by atoms with van der Waals surface area (Å²) in [5.74, 6) is -1.98. The van der Waals surface area contributed by atoms with Gasteiger partial charge in [-0.1, -0.05) is 23.8 Å². The maximum atomic E-state index is 14.9. The summed E-state index contributed by atoms with van der Waals surface area (Å²) in [6.07, 6.45) is 2.77. The van der Waals surface area contributed by atoms with Gasteiger partial charge in [-0.15, -0.1) is 0 Å². The number of benzene rings is 3. The Bertz CT molecular complexity index is 1960. The van der Waals surface area contributed by atoms with Crippen molar-refractivity contribution < 1.29 is 28.3 Å². The van der Waals surface area contributed by atoms with Gasteiger partial charge < -0.3 is 19.9 Å². The largest absolute Gasteiger partial charge is 0.459 e. The van der Waals surface area contributed by atoms with Crippen molar-refractivity contribution in [1.29, 1.82) is 0 Å². The first-order chi connectivity index (χ1) is 23.3. The number of nitrogens with zero attached hydrogens (tertiary/aromatic N) is 4. The number of hydrogen-bond acceptors (Lipinski definition) is 6. The fourth-order valence-corrected chi connectivity index (χ4v) is 6.77. The van der Waals surface area contributed by atoms with Crippen molar-refractivity contribution in [3.05, 3.63) is 106 Å². The molecule has 1 N–H and O–H groups in total. The van der Waals surface area contributed by atoms with Gasteiger partial charge in [0.2, 0.25) is 5.91 Å². The van der Waals surface area contributed by atoms with E-state index in [0.717, 1.165) is 34.0 Å². The molecule has 1 atom stereocenters. The fraction of sp³-hybridized carbons (Fsp3) is 0.342. The Hall–Kier alpha value is -5.32. The number of carbonyl (C=O) groups is 4. The van der Waals surface area contributed by atoms with E-state index in [9.17, 15) is 23.6 Å². The molecule has 1 aliphatic carbocycles. The third-order valence-electron chi connectivity index (χ3n) is 9.59. The van der Waals surface area contributed by atoms with E-state index in [1.165, 1.54) is 15.9 Å². The second-order valence-corrected chi connectivity index (χ2v) is 13.3. The molecule has 0 spiro atoms. The minimum Gasteiger partial charge on any atom is -0.459 e. The van der Waals surface area contributed by atoms with Crippen LogP contribution in [-0.2, 0) is 23.1 Å². The van der Waals surface area contributed by atoms with Crippen LogP contribution >= 0.6 is 0 Å². The summed E-state index contributed by atoms with van der Waals surface area (Å²) < 4.78 is 22.3. The molecule has 0 radical (unpaired) electrons. The number of nitrogens with one attached hydrogen (secondary N) is 1. The molecule has 1 saturated carbocycles. The molecule has 4 aromatic rings. The molecule has 2 heterocycles. The van der Waals surface area contributed by atoms with E-state index in [1.807, 2.05) is 52.1 Å². The van der Waals surface area contributed by atoms with Crippen LogP contribution in [0.1, 0.15) is 73.1 Å². The maximum absolute atomic E-state index is 14.9. The Morgan fingerprint density at radius 3 is 2.43 bits per heavy atom. The minimum absolute atomic E-state index is 0.0736. The standard InChI is InChI=1S/C38H40FN5O5/c1-21-7-9-31(22(2)11-21)38(48)49-30-14-25(15-30)19-40-35(45)28-12-26(13-29(39)16-28)20-44-24(4)36(46)42(5)33-17-27(8-10-32(33)37(44)47)34-23(3)18-41-43(34)6/h7-13,16-18,24-25,30H,14-15,19-20H2,1-6H3,(H,40,45)/t24-,25?,30?/m1/s1. The van der Waals surface area contributed by atoms with Gasteiger partial charge in [-0.25, -0.2) is 9.18 Å². The molecule has 49 heavy (non-hydrogen) atoms. The maximum Gasteiger partial charge on any atom is 0.338 e. The molecule has 3 aromatic carbocycles. The highest BCUT2D eigenvalue weighted by atomic mass is 19.1. The van der Waals surface area contributed by atoms with Gasteiger partial charge in [0.15, 0.2) is 0 Å². The highest BCUT2D eigenvalue weighted by Crippen LogP contribution is 2.34. The first-order valence-electron chi connectivity index (χ1n) is 16.4. The molecule has 254 valence electrons. The number of anilines is 1. The summed E-state index contributed by atoms with van der Waals surface area (Å²) in [4.78, 5) is 56.1. The van der Waals surface area contributed by atoms with Crippen molar-refractivity contribution in [3.63, 3.8) is 0 Å². The summed E-state index contributed by atoms with van der Waals surface area (Å²) in [5.41, 5.74) is 6.46. The van der Waals surface area contributed by atoms with Gasteiger partial charge in [0, 0.05) is 38.3 Å². The van der Waals surface area contributed by atoms with Gasteiger partial charge in [0.05, 0.1) is 28.7 Å². The molecule has 0 saturated heterocycles.